The Morgan fingerprint density at radius 1 is 0.900 bits per heavy atom. The molecule has 0 amide bonds. The molecule has 2 aromatic rings. The number of benzene rings is 2. The molecule has 20 heavy (non-hydrogen) atoms. The van der Waals surface area contributed by atoms with E-state index in [1.54, 1.807) is 19.1 Å². The maximum atomic E-state index is 12.8. The van der Waals surface area contributed by atoms with Gasteiger partial charge in [0.25, 0.3) is 0 Å². The van der Waals surface area contributed by atoms with E-state index in [1.807, 2.05) is 12.1 Å². The van der Waals surface area contributed by atoms with Crippen LogP contribution in [0, 0.1) is 5.82 Å². The summed E-state index contributed by atoms with van der Waals surface area (Å²) in [4.78, 5) is 23.1. The van der Waals surface area contributed by atoms with E-state index < -0.39 is 0 Å². The van der Waals surface area contributed by atoms with E-state index in [-0.39, 0.29) is 17.4 Å². The molecule has 0 bridgehead atoms. The SMILES string of the molecule is CC(=O)CCc1ccc(C(=O)c2ccc(F)cc2)cc1. The fraction of sp³-hybridized carbons (Fsp3) is 0.176. The number of halogens is 1. The number of aryl methyl sites for hydroxylation is 1. The van der Waals surface area contributed by atoms with E-state index >= 15 is 0 Å². The van der Waals surface area contributed by atoms with E-state index in [0.29, 0.717) is 24.0 Å². The molecule has 0 saturated heterocycles. The van der Waals surface area contributed by atoms with Gasteiger partial charge < -0.3 is 4.79 Å². The van der Waals surface area contributed by atoms with Gasteiger partial charge in [-0.05, 0) is 43.2 Å². The van der Waals surface area contributed by atoms with Crippen molar-refractivity contribution in [3.63, 3.8) is 0 Å². The maximum absolute atomic E-state index is 12.8. The predicted octanol–water partition coefficient (Wildman–Crippen LogP) is 3.58. The van der Waals surface area contributed by atoms with E-state index in [4.69, 9.17) is 0 Å². The van der Waals surface area contributed by atoms with Crippen molar-refractivity contribution in [2.45, 2.75) is 19.8 Å². The zero-order chi connectivity index (χ0) is 14.5. The largest absolute Gasteiger partial charge is 0.300 e. The summed E-state index contributed by atoms with van der Waals surface area (Å²) in [7, 11) is 0. The van der Waals surface area contributed by atoms with Crippen LogP contribution >= 0.6 is 0 Å². The summed E-state index contributed by atoms with van der Waals surface area (Å²) in [5.41, 5.74) is 2.04. The van der Waals surface area contributed by atoms with Gasteiger partial charge in [0.15, 0.2) is 5.78 Å². The van der Waals surface area contributed by atoms with Crippen LogP contribution in [0.4, 0.5) is 4.39 Å². The molecule has 0 aromatic heterocycles. The van der Waals surface area contributed by atoms with Crippen LogP contribution in [-0.4, -0.2) is 11.6 Å². The molecule has 0 atom stereocenters. The lowest BCUT2D eigenvalue weighted by atomic mass is 10.0. The summed E-state index contributed by atoms with van der Waals surface area (Å²) < 4.78 is 12.8. The summed E-state index contributed by atoms with van der Waals surface area (Å²) in [5.74, 6) is -0.347. The zero-order valence-corrected chi connectivity index (χ0v) is 11.2. The van der Waals surface area contributed by atoms with Gasteiger partial charge in [-0.15, -0.1) is 0 Å². The number of carbonyl (C=O) groups excluding carboxylic acids is 2. The highest BCUT2D eigenvalue weighted by molar-refractivity contribution is 6.08. The van der Waals surface area contributed by atoms with Crippen molar-refractivity contribution in [3.8, 4) is 0 Å². The summed E-state index contributed by atoms with van der Waals surface area (Å²) in [5, 5.41) is 0. The Balaban J connectivity index is 2.11. The first kappa shape index (κ1) is 14.1. The molecule has 0 fully saturated rings. The summed E-state index contributed by atoms with van der Waals surface area (Å²) in [6.07, 6.45) is 1.19. The van der Waals surface area contributed by atoms with Gasteiger partial charge in [0.05, 0.1) is 0 Å². The molecular formula is C17H15FO2. The monoisotopic (exact) mass is 270 g/mol. The van der Waals surface area contributed by atoms with E-state index in [2.05, 4.69) is 0 Å². The van der Waals surface area contributed by atoms with Crippen molar-refractivity contribution in [3.05, 3.63) is 71.0 Å². The highest BCUT2D eigenvalue weighted by Crippen LogP contribution is 2.13. The molecule has 0 spiro atoms. The Hall–Kier alpha value is -2.29. The summed E-state index contributed by atoms with van der Waals surface area (Å²) >= 11 is 0. The fourth-order valence-electron chi connectivity index (χ4n) is 1.91. The molecule has 0 aliphatic rings. The van der Waals surface area contributed by atoms with Crippen molar-refractivity contribution < 1.29 is 14.0 Å². The second kappa shape index (κ2) is 6.24. The number of hydrogen-bond donors (Lipinski definition) is 0. The van der Waals surface area contributed by atoms with Crippen molar-refractivity contribution in [1.82, 2.24) is 0 Å². The minimum atomic E-state index is -0.360. The van der Waals surface area contributed by atoms with Crippen molar-refractivity contribution in [1.29, 1.82) is 0 Å². The topological polar surface area (TPSA) is 34.1 Å². The molecule has 0 aliphatic carbocycles. The molecular weight excluding hydrogens is 255 g/mol. The maximum Gasteiger partial charge on any atom is 0.193 e. The molecule has 0 radical (unpaired) electrons. The molecule has 2 aromatic carbocycles. The van der Waals surface area contributed by atoms with Crippen LogP contribution in [0.5, 0.6) is 0 Å². The highest BCUT2D eigenvalue weighted by Gasteiger charge is 2.09. The second-order valence-corrected chi connectivity index (χ2v) is 4.73. The summed E-state index contributed by atoms with van der Waals surface area (Å²) in [6.45, 7) is 1.56. The van der Waals surface area contributed by atoms with Gasteiger partial charge in [-0.3, -0.25) is 4.79 Å². The van der Waals surface area contributed by atoms with Crippen LogP contribution in [-0.2, 0) is 11.2 Å². The number of ketones is 2. The van der Waals surface area contributed by atoms with Crippen molar-refractivity contribution >= 4 is 11.6 Å². The molecule has 2 rings (SSSR count). The molecule has 2 nitrogen and oxygen atoms in total. The molecule has 0 aliphatic heterocycles. The van der Waals surface area contributed by atoms with Gasteiger partial charge >= 0.3 is 0 Å². The van der Waals surface area contributed by atoms with Gasteiger partial charge in [0.1, 0.15) is 11.6 Å². The summed E-state index contributed by atoms with van der Waals surface area (Å²) in [6, 6.07) is 12.7. The first-order valence-electron chi connectivity index (χ1n) is 6.45. The lowest BCUT2D eigenvalue weighted by molar-refractivity contribution is -0.116. The third kappa shape index (κ3) is 3.60. The second-order valence-electron chi connectivity index (χ2n) is 4.73. The lowest BCUT2D eigenvalue weighted by Crippen LogP contribution is -2.02. The van der Waals surface area contributed by atoms with E-state index in [0.717, 1.165) is 5.56 Å². The normalized spacial score (nSPS) is 10.3. The van der Waals surface area contributed by atoms with Crippen molar-refractivity contribution in [2.24, 2.45) is 0 Å². The predicted molar refractivity (Wildman–Crippen MR) is 75.3 cm³/mol. The lowest BCUT2D eigenvalue weighted by Gasteiger charge is -2.03. The van der Waals surface area contributed by atoms with Gasteiger partial charge in [0.2, 0.25) is 0 Å². The van der Waals surface area contributed by atoms with Crippen molar-refractivity contribution in [2.75, 3.05) is 0 Å². The first-order chi connectivity index (χ1) is 9.56. The minimum absolute atomic E-state index is 0.136. The van der Waals surface area contributed by atoms with Gasteiger partial charge in [-0.25, -0.2) is 4.39 Å². The number of rotatable bonds is 5. The standard InChI is InChI=1S/C17H15FO2/c1-12(19)2-3-13-4-6-14(7-5-13)17(20)15-8-10-16(18)11-9-15/h4-11H,2-3H2,1H3. The van der Waals surface area contributed by atoms with Crippen LogP contribution in [0.3, 0.4) is 0 Å². The number of Topliss-reactive ketones (excluding diaryl/α,β-unsaturated/α-hetero) is 1. The quantitative estimate of drug-likeness (QED) is 0.778. The molecule has 0 unspecified atom stereocenters. The molecule has 102 valence electrons. The number of carbonyl (C=O) groups is 2. The Bertz CT molecular complexity index is 612. The van der Waals surface area contributed by atoms with Gasteiger partial charge in [-0.2, -0.15) is 0 Å². The van der Waals surface area contributed by atoms with Crippen LogP contribution in [0.1, 0.15) is 34.8 Å². The Morgan fingerprint density at radius 3 is 1.90 bits per heavy atom. The van der Waals surface area contributed by atoms with Crippen LogP contribution in [0.15, 0.2) is 48.5 Å². The van der Waals surface area contributed by atoms with E-state index in [9.17, 15) is 14.0 Å². The molecule has 0 saturated carbocycles. The third-order valence-electron chi connectivity index (χ3n) is 3.09. The molecule has 0 N–H and O–H groups in total. The average molecular weight is 270 g/mol. The van der Waals surface area contributed by atoms with Gasteiger partial charge in [0, 0.05) is 17.5 Å². The molecule has 3 heteroatoms. The average Bonchev–Trinajstić information content (AvgIpc) is 2.46. The fourth-order valence-corrected chi connectivity index (χ4v) is 1.91. The van der Waals surface area contributed by atoms with Gasteiger partial charge in [-0.1, -0.05) is 24.3 Å². The highest BCUT2D eigenvalue weighted by atomic mass is 19.1. The van der Waals surface area contributed by atoms with E-state index in [1.165, 1.54) is 24.3 Å². The molecule has 0 heterocycles. The first-order valence-corrected chi connectivity index (χ1v) is 6.45. The van der Waals surface area contributed by atoms with Crippen LogP contribution < -0.4 is 0 Å². The Kier molecular flexibility index (Phi) is 4.41. The van der Waals surface area contributed by atoms with Crippen LogP contribution in [0.25, 0.3) is 0 Å². The smallest absolute Gasteiger partial charge is 0.193 e. The zero-order valence-electron chi connectivity index (χ0n) is 11.2. The Morgan fingerprint density at radius 2 is 1.40 bits per heavy atom. The van der Waals surface area contributed by atoms with Crippen LogP contribution in [0.2, 0.25) is 0 Å². The Labute approximate surface area is 117 Å². The third-order valence-corrected chi connectivity index (χ3v) is 3.09. The number of hydrogen-bond acceptors (Lipinski definition) is 2. The minimum Gasteiger partial charge on any atom is -0.300 e.